The van der Waals surface area contributed by atoms with Crippen LogP contribution in [0, 0.1) is 0 Å². The van der Waals surface area contributed by atoms with Crippen LogP contribution in [-0.4, -0.2) is 37.2 Å². The Morgan fingerprint density at radius 3 is 0.805 bits per heavy atom. The van der Waals surface area contributed by atoms with E-state index in [1.54, 1.807) is 0 Å². The average molecular weight is 1070 g/mol. The summed E-state index contributed by atoms with van der Waals surface area (Å²) in [5, 5.41) is 0. The second-order valence-corrected chi connectivity index (χ2v) is 22.0. The van der Waals surface area contributed by atoms with E-state index in [1.165, 1.54) is 186 Å². The Balaban J connectivity index is 4.31. The Kier molecular flexibility index (Phi) is 62.2. The maximum absolute atomic E-state index is 12.9. The summed E-state index contributed by atoms with van der Waals surface area (Å²) in [6, 6.07) is 0. The van der Waals surface area contributed by atoms with Crippen molar-refractivity contribution in [2.24, 2.45) is 0 Å². The number of allylic oxidation sites excluding steroid dienone is 14. The first kappa shape index (κ1) is 73.6. The number of ether oxygens (including phenoxy) is 3. The Bertz CT molecular complexity index is 1470. The summed E-state index contributed by atoms with van der Waals surface area (Å²) >= 11 is 0. The van der Waals surface area contributed by atoms with Crippen LogP contribution in [0.15, 0.2) is 85.1 Å². The van der Waals surface area contributed by atoms with Gasteiger partial charge in [0, 0.05) is 19.3 Å². The van der Waals surface area contributed by atoms with Gasteiger partial charge in [0.25, 0.3) is 0 Å². The van der Waals surface area contributed by atoms with Gasteiger partial charge in [-0.25, -0.2) is 0 Å². The predicted octanol–water partition coefficient (Wildman–Crippen LogP) is 22.7. The molecule has 0 aromatic heterocycles. The molecule has 0 aromatic carbocycles. The molecule has 0 aliphatic carbocycles. The topological polar surface area (TPSA) is 78.9 Å². The van der Waals surface area contributed by atoms with Crippen LogP contribution in [0.4, 0.5) is 0 Å². The van der Waals surface area contributed by atoms with Crippen molar-refractivity contribution < 1.29 is 28.6 Å². The van der Waals surface area contributed by atoms with Gasteiger partial charge in [0.15, 0.2) is 6.10 Å². The molecule has 0 heterocycles. The smallest absolute Gasteiger partial charge is 0.306 e. The summed E-state index contributed by atoms with van der Waals surface area (Å²) in [6.07, 6.45) is 85.9. The lowest BCUT2D eigenvalue weighted by molar-refractivity contribution is -0.167. The molecule has 77 heavy (non-hydrogen) atoms. The van der Waals surface area contributed by atoms with E-state index >= 15 is 0 Å². The van der Waals surface area contributed by atoms with Crippen molar-refractivity contribution in [1.29, 1.82) is 0 Å². The summed E-state index contributed by atoms with van der Waals surface area (Å²) in [5.74, 6) is -0.872. The Hall–Kier alpha value is -3.41. The van der Waals surface area contributed by atoms with E-state index in [2.05, 4.69) is 106 Å². The number of carbonyl (C=O) groups excluding carboxylic acids is 3. The van der Waals surface area contributed by atoms with E-state index in [4.69, 9.17) is 14.2 Å². The van der Waals surface area contributed by atoms with Gasteiger partial charge in [0.2, 0.25) is 0 Å². The fourth-order valence-electron chi connectivity index (χ4n) is 9.44. The first-order valence-electron chi connectivity index (χ1n) is 33.1. The van der Waals surface area contributed by atoms with Crippen LogP contribution in [-0.2, 0) is 28.6 Å². The van der Waals surface area contributed by atoms with Gasteiger partial charge in [0.05, 0.1) is 0 Å². The molecule has 0 rings (SSSR count). The number of hydrogen-bond donors (Lipinski definition) is 0. The highest BCUT2D eigenvalue weighted by Crippen LogP contribution is 2.17. The van der Waals surface area contributed by atoms with Gasteiger partial charge in [0.1, 0.15) is 13.2 Å². The van der Waals surface area contributed by atoms with Crippen LogP contribution in [0.3, 0.4) is 0 Å². The number of unbranched alkanes of at least 4 members (excludes halogenated alkanes) is 35. The summed E-state index contributed by atoms with van der Waals surface area (Å²) in [6.45, 7) is 6.55. The first-order chi connectivity index (χ1) is 38.0. The molecule has 0 N–H and O–H groups in total. The zero-order valence-electron chi connectivity index (χ0n) is 51.0. The zero-order valence-corrected chi connectivity index (χ0v) is 51.0. The number of rotatable bonds is 60. The molecule has 0 aliphatic heterocycles. The van der Waals surface area contributed by atoms with Crippen molar-refractivity contribution in [3.63, 3.8) is 0 Å². The molecule has 0 spiro atoms. The largest absolute Gasteiger partial charge is 0.462 e. The van der Waals surface area contributed by atoms with Crippen LogP contribution in [0.5, 0.6) is 0 Å². The third kappa shape index (κ3) is 63.3. The molecular weight excluding hydrogens is 949 g/mol. The SMILES string of the molecule is CC/C=C\C/C=C\C/C=C\C/C=C\C/C=C\C/C=C\CCCCCCCCCCC(=O)OCC(COC(=O)CCCCCCCCCCCCCCC)OC(=O)CCCCCCCCCCC/C=C\CCCCCCCC. The highest BCUT2D eigenvalue weighted by atomic mass is 16.6. The number of esters is 3. The normalized spacial score (nSPS) is 12.6. The standard InChI is InChI=1S/C71H124O6/c1-4-7-10-13-16-19-22-25-27-29-31-32-33-34-35-36-37-38-40-41-43-46-49-52-55-58-61-64-70(73)76-67-68(66-75-69(72)63-60-57-54-51-48-45-24-21-18-15-12-9-6-3)77-71(74)65-62-59-56-53-50-47-44-42-39-30-28-26-23-20-17-14-11-8-5-2/h7,10,16,19,25-28,31-32,34-35,37-38,68H,4-6,8-9,11-15,17-18,20-24,29-30,33,36,39-67H2,1-3H3/b10-7-,19-16-,27-25-,28-26-,32-31-,35-34-,38-37-. The molecule has 0 bridgehead atoms. The van der Waals surface area contributed by atoms with Gasteiger partial charge in [-0.15, -0.1) is 0 Å². The second kappa shape index (κ2) is 65.1. The Morgan fingerprint density at radius 1 is 0.273 bits per heavy atom. The quantitative estimate of drug-likeness (QED) is 0.0261. The molecule has 0 amide bonds. The summed E-state index contributed by atoms with van der Waals surface area (Å²) in [5.41, 5.74) is 0. The van der Waals surface area contributed by atoms with Crippen molar-refractivity contribution in [2.75, 3.05) is 13.2 Å². The molecule has 444 valence electrons. The molecule has 0 aliphatic rings. The third-order valence-corrected chi connectivity index (χ3v) is 14.4. The van der Waals surface area contributed by atoms with Crippen molar-refractivity contribution in [3.8, 4) is 0 Å². The second-order valence-electron chi connectivity index (χ2n) is 22.0. The van der Waals surface area contributed by atoms with E-state index in [-0.39, 0.29) is 31.1 Å². The number of carbonyl (C=O) groups is 3. The van der Waals surface area contributed by atoms with Crippen LogP contribution >= 0.6 is 0 Å². The van der Waals surface area contributed by atoms with Crippen molar-refractivity contribution in [1.82, 2.24) is 0 Å². The van der Waals surface area contributed by atoms with Crippen molar-refractivity contribution in [3.05, 3.63) is 85.1 Å². The third-order valence-electron chi connectivity index (χ3n) is 14.4. The molecule has 1 atom stereocenters. The maximum Gasteiger partial charge on any atom is 0.306 e. The molecule has 0 fully saturated rings. The first-order valence-corrected chi connectivity index (χ1v) is 33.1. The highest BCUT2D eigenvalue weighted by molar-refractivity contribution is 5.71. The summed E-state index contributed by atoms with van der Waals surface area (Å²) in [4.78, 5) is 38.3. The van der Waals surface area contributed by atoms with Crippen LogP contribution in [0.25, 0.3) is 0 Å². The average Bonchev–Trinajstić information content (AvgIpc) is 3.43. The van der Waals surface area contributed by atoms with E-state index in [0.717, 1.165) is 103 Å². The fourth-order valence-corrected chi connectivity index (χ4v) is 9.44. The van der Waals surface area contributed by atoms with Gasteiger partial charge >= 0.3 is 17.9 Å². The van der Waals surface area contributed by atoms with Gasteiger partial charge in [-0.3, -0.25) is 14.4 Å². The molecule has 0 saturated heterocycles. The molecule has 6 heteroatoms. The van der Waals surface area contributed by atoms with Crippen LogP contribution in [0.2, 0.25) is 0 Å². The summed E-state index contributed by atoms with van der Waals surface area (Å²) in [7, 11) is 0. The summed E-state index contributed by atoms with van der Waals surface area (Å²) < 4.78 is 16.9. The van der Waals surface area contributed by atoms with Gasteiger partial charge in [-0.2, -0.15) is 0 Å². The molecule has 0 aromatic rings. The van der Waals surface area contributed by atoms with Gasteiger partial charge in [-0.05, 0) is 96.3 Å². The fraction of sp³-hybridized carbons (Fsp3) is 0.761. The van der Waals surface area contributed by atoms with Crippen molar-refractivity contribution in [2.45, 2.75) is 335 Å². The molecule has 0 saturated carbocycles. The van der Waals surface area contributed by atoms with E-state index in [0.29, 0.717) is 19.3 Å². The van der Waals surface area contributed by atoms with Crippen LogP contribution in [0.1, 0.15) is 329 Å². The highest BCUT2D eigenvalue weighted by Gasteiger charge is 2.19. The minimum Gasteiger partial charge on any atom is -0.462 e. The van der Waals surface area contributed by atoms with E-state index < -0.39 is 6.10 Å². The van der Waals surface area contributed by atoms with E-state index in [9.17, 15) is 14.4 Å². The maximum atomic E-state index is 12.9. The molecule has 6 nitrogen and oxygen atoms in total. The minimum atomic E-state index is -0.780. The molecular formula is C71H124O6. The molecule has 1 unspecified atom stereocenters. The van der Waals surface area contributed by atoms with Crippen LogP contribution < -0.4 is 0 Å². The zero-order chi connectivity index (χ0) is 55.7. The predicted molar refractivity (Wildman–Crippen MR) is 334 cm³/mol. The lowest BCUT2D eigenvalue weighted by atomic mass is 10.0. The lowest BCUT2D eigenvalue weighted by Gasteiger charge is -2.18. The lowest BCUT2D eigenvalue weighted by Crippen LogP contribution is -2.30. The Morgan fingerprint density at radius 2 is 0.506 bits per heavy atom. The van der Waals surface area contributed by atoms with Gasteiger partial charge in [-0.1, -0.05) is 298 Å². The minimum absolute atomic E-state index is 0.0762. The monoisotopic (exact) mass is 1070 g/mol. The Labute approximate surface area is 477 Å². The van der Waals surface area contributed by atoms with Crippen molar-refractivity contribution >= 4 is 17.9 Å². The molecule has 0 radical (unpaired) electrons. The number of hydrogen-bond acceptors (Lipinski definition) is 6. The van der Waals surface area contributed by atoms with Gasteiger partial charge < -0.3 is 14.2 Å². The van der Waals surface area contributed by atoms with E-state index in [1.807, 2.05) is 0 Å².